The zero-order valence-corrected chi connectivity index (χ0v) is 15.6. The van der Waals surface area contributed by atoms with E-state index < -0.39 is 0 Å². The van der Waals surface area contributed by atoms with E-state index in [1.54, 1.807) is 4.90 Å². The molecule has 3 rings (SSSR count). The predicted octanol–water partition coefficient (Wildman–Crippen LogP) is 1.97. The van der Waals surface area contributed by atoms with E-state index >= 15 is 0 Å². The molecule has 1 aliphatic rings. The zero-order valence-electron chi connectivity index (χ0n) is 15.6. The molecule has 7 heteroatoms. The first kappa shape index (κ1) is 19.1. The van der Waals surface area contributed by atoms with Gasteiger partial charge in [0.2, 0.25) is 5.95 Å². The fourth-order valence-corrected chi connectivity index (χ4v) is 3.43. The first-order valence-corrected chi connectivity index (χ1v) is 9.39. The van der Waals surface area contributed by atoms with E-state index in [0.717, 1.165) is 48.3 Å². The van der Waals surface area contributed by atoms with Crippen molar-refractivity contribution < 1.29 is 14.6 Å². The summed E-state index contributed by atoms with van der Waals surface area (Å²) in [6.07, 6.45) is 3.65. The fourth-order valence-electron chi connectivity index (χ4n) is 3.43. The molecular formula is C20H26N4O3. The van der Waals surface area contributed by atoms with E-state index in [1.807, 2.05) is 31.2 Å². The summed E-state index contributed by atoms with van der Waals surface area (Å²) < 4.78 is 5.53. The highest BCUT2D eigenvalue weighted by molar-refractivity contribution is 5.94. The lowest BCUT2D eigenvalue weighted by Crippen LogP contribution is -2.35. The number of aliphatic hydroxyl groups excluding tert-OH is 1. The Hall–Kier alpha value is -2.67. The van der Waals surface area contributed by atoms with Crippen LogP contribution in [0.25, 0.3) is 0 Å². The number of nitrogens with zero attached hydrogens (tertiary/aromatic N) is 3. The molecule has 1 amide bonds. The normalized spacial score (nSPS) is 13.1. The Morgan fingerprint density at radius 3 is 2.89 bits per heavy atom. The van der Waals surface area contributed by atoms with Gasteiger partial charge in [-0.3, -0.25) is 4.79 Å². The van der Waals surface area contributed by atoms with E-state index in [4.69, 9.17) is 10.5 Å². The monoisotopic (exact) mass is 370 g/mol. The average Bonchev–Trinajstić information content (AvgIpc) is 2.67. The predicted molar refractivity (Wildman–Crippen MR) is 103 cm³/mol. The molecule has 1 aromatic carbocycles. The van der Waals surface area contributed by atoms with E-state index in [9.17, 15) is 9.90 Å². The maximum atomic E-state index is 13.2. The van der Waals surface area contributed by atoms with Crippen LogP contribution in [0.15, 0.2) is 24.3 Å². The molecule has 0 saturated heterocycles. The number of aliphatic hydroxyl groups is 1. The van der Waals surface area contributed by atoms with E-state index in [-0.39, 0.29) is 25.0 Å². The van der Waals surface area contributed by atoms with Gasteiger partial charge in [-0.25, -0.2) is 9.97 Å². The fraction of sp³-hybridized carbons (Fsp3) is 0.450. The molecule has 0 spiro atoms. The van der Waals surface area contributed by atoms with Gasteiger partial charge in [-0.1, -0.05) is 12.1 Å². The van der Waals surface area contributed by atoms with Crippen LogP contribution in [0, 0.1) is 0 Å². The van der Waals surface area contributed by atoms with Crippen LogP contribution in [-0.2, 0) is 19.4 Å². The second-order valence-corrected chi connectivity index (χ2v) is 6.59. The topological polar surface area (TPSA) is 102 Å². The number of nitrogens with two attached hydrogens (primary N) is 1. The molecule has 1 heterocycles. The summed E-state index contributed by atoms with van der Waals surface area (Å²) in [4.78, 5) is 23.4. The minimum Gasteiger partial charge on any atom is -0.494 e. The van der Waals surface area contributed by atoms with Gasteiger partial charge in [0, 0.05) is 24.3 Å². The Kier molecular flexibility index (Phi) is 6.24. The minimum atomic E-state index is -0.224. The van der Waals surface area contributed by atoms with Crippen LogP contribution in [0.1, 0.15) is 47.1 Å². The molecule has 3 N–H and O–H groups in total. The van der Waals surface area contributed by atoms with Crippen molar-refractivity contribution in [1.29, 1.82) is 0 Å². The molecule has 0 unspecified atom stereocenters. The summed E-state index contributed by atoms with van der Waals surface area (Å²) in [7, 11) is 0. The number of hydrogen-bond acceptors (Lipinski definition) is 6. The molecule has 27 heavy (non-hydrogen) atoms. The van der Waals surface area contributed by atoms with Gasteiger partial charge < -0.3 is 20.5 Å². The Morgan fingerprint density at radius 2 is 2.11 bits per heavy atom. The van der Waals surface area contributed by atoms with Crippen LogP contribution in [0.5, 0.6) is 5.75 Å². The van der Waals surface area contributed by atoms with Crippen molar-refractivity contribution in [2.75, 3.05) is 25.5 Å². The Bertz CT molecular complexity index is 810. The number of amides is 1. The Balaban J connectivity index is 1.88. The molecule has 0 fully saturated rings. The average molecular weight is 370 g/mol. The number of aromatic nitrogens is 2. The lowest BCUT2D eigenvalue weighted by Gasteiger charge is -2.25. The third-order valence-corrected chi connectivity index (χ3v) is 4.64. The summed E-state index contributed by atoms with van der Waals surface area (Å²) in [5.41, 5.74) is 8.91. The van der Waals surface area contributed by atoms with Gasteiger partial charge in [0.15, 0.2) is 0 Å². The molecule has 1 aromatic heterocycles. The van der Waals surface area contributed by atoms with Crippen LogP contribution in [0.2, 0.25) is 0 Å². The molecule has 0 radical (unpaired) electrons. The number of nitrogen functional groups attached to an aromatic ring is 1. The number of carbonyl (C=O) groups is 1. The Morgan fingerprint density at radius 1 is 1.30 bits per heavy atom. The quantitative estimate of drug-likeness (QED) is 0.773. The van der Waals surface area contributed by atoms with Gasteiger partial charge in [-0.15, -0.1) is 0 Å². The lowest BCUT2D eigenvalue weighted by molar-refractivity contribution is 0.0700. The van der Waals surface area contributed by atoms with Crippen molar-refractivity contribution >= 4 is 11.9 Å². The molecule has 2 aromatic rings. The number of benzene rings is 1. The molecule has 0 saturated carbocycles. The van der Waals surface area contributed by atoms with Crippen molar-refractivity contribution in [1.82, 2.24) is 14.9 Å². The van der Waals surface area contributed by atoms with Crippen molar-refractivity contribution in [2.45, 2.75) is 39.2 Å². The third kappa shape index (κ3) is 4.54. The molecule has 0 aliphatic heterocycles. The van der Waals surface area contributed by atoms with Crippen LogP contribution in [-0.4, -0.2) is 45.6 Å². The van der Waals surface area contributed by atoms with Gasteiger partial charge >= 0.3 is 0 Å². The molecule has 1 aliphatic carbocycles. The van der Waals surface area contributed by atoms with Crippen molar-refractivity contribution in [3.05, 3.63) is 46.8 Å². The smallest absolute Gasteiger partial charge is 0.273 e. The van der Waals surface area contributed by atoms with Crippen LogP contribution in [0.3, 0.4) is 0 Å². The molecule has 0 bridgehead atoms. The SMILES string of the molecule is CCOc1cccc(CN(CCO)C(=O)c2nc(N)nc3c2CCCC3)c1. The first-order chi connectivity index (χ1) is 13.1. The Labute approximate surface area is 159 Å². The molecular weight excluding hydrogens is 344 g/mol. The summed E-state index contributed by atoms with van der Waals surface area (Å²) in [5, 5.41) is 9.47. The standard InChI is InChI=1S/C20H26N4O3/c1-2-27-15-7-5-6-14(12-15)13-24(10-11-25)19(26)18-16-8-3-4-9-17(16)22-20(21)23-18/h5-7,12,25H,2-4,8-11,13H2,1H3,(H2,21,22,23). The molecule has 144 valence electrons. The highest BCUT2D eigenvalue weighted by Crippen LogP contribution is 2.24. The van der Waals surface area contributed by atoms with E-state index in [2.05, 4.69) is 9.97 Å². The number of fused-ring (bicyclic) bond motifs is 1. The zero-order chi connectivity index (χ0) is 19.2. The van der Waals surface area contributed by atoms with Crippen molar-refractivity contribution in [3.8, 4) is 5.75 Å². The number of rotatable bonds is 7. The second kappa shape index (κ2) is 8.81. The van der Waals surface area contributed by atoms with Gasteiger partial charge in [0.25, 0.3) is 5.91 Å². The number of carbonyl (C=O) groups excluding carboxylic acids is 1. The van der Waals surface area contributed by atoms with Crippen LogP contribution < -0.4 is 10.5 Å². The number of anilines is 1. The maximum absolute atomic E-state index is 13.2. The summed E-state index contributed by atoms with van der Waals surface area (Å²) in [5.74, 6) is 0.662. The first-order valence-electron chi connectivity index (χ1n) is 9.39. The highest BCUT2D eigenvalue weighted by atomic mass is 16.5. The van der Waals surface area contributed by atoms with Gasteiger partial charge in [-0.2, -0.15) is 0 Å². The highest BCUT2D eigenvalue weighted by Gasteiger charge is 2.25. The van der Waals surface area contributed by atoms with Crippen molar-refractivity contribution in [2.24, 2.45) is 0 Å². The molecule has 0 atom stereocenters. The van der Waals surface area contributed by atoms with Crippen molar-refractivity contribution in [3.63, 3.8) is 0 Å². The third-order valence-electron chi connectivity index (χ3n) is 4.64. The summed E-state index contributed by atoms with van der Waals surface area (Å²) in [6.45, 7) is 2.96. The minimum absolute atomic E-state index is 0.125. The van der Waals surface area contributed by atoms with Gasteiger partial charge in [0.1, 0.15) is 11.4 Å². The lowest BCUT2D eigenvalue weighted by atomic mass is 9.94. The van der Waals surface area contributed by atoms with Crippen LogP contribution in [0.4, 0.5) is 5.95 Å². The summed E-state index contributed by atoms with van der Waals surface area (Å²) >= 11 is 0. The second-order valence-electron chi connectivity index (χ2n) is 6.59. The van der Waals surface area contributed by atoms with Crippen LogP contribution >= 0.6 is 0 Å². The van der Waals surface area contributed by atoms with E-state index in [0.29, 0.717) is 18.8 Å². The van der Waals surface area contributed by atoms with Gasteiger partial charge in [-0.05, 0) is 50.3 Å². The maximum Gasteiger partial charge on any atom is 0.273 e. The number of ether oxygens (including phenoxy) is 1. The largest absolute Gasteiger partial charge is 0.494 e. The van der Waals surface area contributed by atoms with E-state index in [1.165, 1.54) is 0 Å². The molecule has 7 nitrogen and oxygen atoms in total. The number of aryl methyl sites for hydroxylation is 1. The van der Waals surface area contributed by atoms with Gasteiger partial charge in [0.05, 0.1) is 13.2 Å². The summed E-state index contributed by atoms with van der Waals surface area (Å²) in [6, 6.07) is 7.62. The number of hydrogen-bond donors (Lipinski definition) is 2.